The molecule has 0 aromatic heterocycles. The van der Waals surface area contributed by atoms with Gasteiger partial charge >= 0.3 is 0 Å². The summed E-state index contributed by atoms with van der Waals surface area (Å²) in [5, 5.41) is 5.99. The van der Waals surface area contributed by atoms with E-state index < -0.39 is 0 Å². The minimum Gasteiger partial charge on any atom is -0.319 e. The van der Waals surface area contributed by atoms with Gasteiger partial charge in [-0.15, -0.1) is 24.8 Å². The lowest BCUT2D eigenvalue weighted by atomic mass is 9.99. The van der Waals surface area contributed by atoms with Gasteiger partial charge in [-0.2, -0.15) is 0 Å². The SMILES string of the molecule is CN1CCN(Cc2cccc(C(=O)Nc3ccc4c(c3F)CCNC4)c2)CC1.Cl.Cl. The summed E-state index contributed by atoms with van der Waals surface area (Å²) < 4.78 is 14.8. The van der Waals surface area contributed by atoms with Crippen LogP contribution in [0.2, 0.25) is 0 Å². The third-order valence-electron chi connectivity index (χ3n) is 5.65. The first-order chi connectivity index (χ1) is 13.6. The molecule has 164 valence electrons. The molecule has 5 nitrogen and oxygen atoms in total. The predicted molar refractivity (Wildman–Crippen MR) is 123 cm³/mol. The molecule has 4 rings (SSSR count). The second kappa shape index (κ2) is 11.1. The van der Waals surface area contributed by atoms with Crippen molar-refractivity contribution in [1.82, 2.24) is 15.1 Å². The summed E-state index contributed by atoms with van der Waals surface area (Å²) in [6.07, 6.45) is 0.644. The van der Waals surface area contributed by atoms with E-state index >= 15 is 0 Å². The van der Waals surface area contributed by atoms with Gasteiger partial charge in [-0.3, -0.25) is 9.69 Å². The van der Waals surface area contributed by atoms with Crippen molar-refractivity contribution in [2.45, 2.75) is 19.5 Å². The maximum absolute atomic E-state index is 14.8. The molecule has 30 heavy (non-hydrogen) atoms. The van der Waals surface area contributed by atoms with Crippen LogP contribution in [-0.4, -0.2) is 55.5 Å². The zero-order valence-corrected chi connectivity index (χ0v) is 18.8. The number of fused-ring (bicyclic) bond motifs is 1. The number of piperazine rings is 1. The number of carbonyl (C=O) groups is 1. The van der Waals surface area contributed by atoms with Crippen LogP contribution in [0.1, 0.15) is 27.0 Å². The maximum atomic E-state index is 14.8. The van der Waals surface area contributed by atoms with E-state index in [1.807, 2.05) is 24.3 Å². The monoisotopic (exact) mass is 454 g/mol. The molecule has 2 aromatic rings. The van der Waals surface area contributed by atoms with Crippen molar-refractivity contribution in [3.8, 4) is 0 Å². The molecule has 0 saturated carbocycles. The number of halogens is 3. The topological polar surface area (TPSA) is 47.6 Å². The van der Waals surface area contributed by atoms with Crippen molar-refractivity contribution >= 4 is 36.4 Å². The quantitative estimate of drug-likeness (QED) is 0.743. The first-order valence-electron chi connectivity index (χ1n) is 9.92. The number of hydrogen-bond acceptors (Lipinski definition) is 4. The standard InChI is InChI=1S/C22H27FN4O.2ClH/c1-26-9-11-27(12-10-26)15-16-3-2-4-17(13-16)22(28)25-20-6-5-18-14-24-8-7-19(18)21(20)23;;/h2-6,13,24H,7-12,14-15H2,1H3,(H,25,28);2*1H. The lowest BCUT2D eigenvalue weighted by Gasteiger charge is -2.32. The molecule has 2 N–H and O–H groups in total. The molecule has 0 radical (unpaired) electrons. The summed E-state index contributed by atoms with van der Waals surface area (Å²) in [6, 6.07) is 11.2. The third kappa shape index (κ3) is 5.71. The van der Waals surface area contributed by atoms with Gasteiger partial charge in [0.05, 0.1) is 5.69 Å². The highest BCUT2D eigenvalue weighted by atomic mass is 35.5. The number of amides is 1. The highest BCUT2D eigenvalue weighted by Crippen LogP contribution is 2.25. The highest BCUT2D eigenvalue weighted by Gasteiger charge is 2.19. The Bertz CT molecular complexity index is 872. The molecular weight excluding hydrogens is 426 g/mol. The number of hydrogen-bond donors (Lipinski definition) is 2. The number of nitrogens with zero attached hydrogens (tertiary/aromatic N) is 2. The highest BCUT2D eigenvalue weighted by molar-refractivity contribution is 6.04. The van der Waals surface area contributed by atoms with E-state index in [-0.39, 0.29) is 42.2 Å². The van der Waals surface area contributed by atoms with Gasteiger partial charge in [-0.25, -0.2) is 4.39 Å². The molecule has 0 aliphatic carbocycles. The summed E-state index contributed by atoms with van der Waals surface area (Å²) >= 11 is 0. The molecule has 2 aliphatic heterocycles. The number of carbonyl (C=O) groups excluding carboxylic acids is 1. The second-order valence-corrected chi connectivity index (χ2v) is 7.73. The van der Waals surface area contributed by atoms with Gasteiger partial charge < -0.3 is 15.5 Å². The Morgan fingerprint density at radius 3 is 2.67 bits per heavy atom. The van der Waals surface area contributed by atoms with Gasteiger partial charge in [-0.1, -0.05) is 18.2 Å². The summed E-state index contributed by atoms with van der Waals surface area (Å²) in [4.78, 5) is 17.4. The summed E-state index contributed by atoms with van der Waals surface area (Å²) in [6.45, 7) is 6.45. The minimum atomic E-state index is -0.305. The van der Waals surface area contributed by atoms with Crippen LogP contribution in [0.15, 0.2) is 36.4 Å². The average Bonchev–Trinajstić information content (AvgIpc) is 2.72. The molecule has 0 spiro atoms. The van der Waals surface area contributed by atoms with Crippen LogP contribution >= 0.6 is 24.8 Å². The average molecular weight is 455 g/mol. The minimum absolute atomic E-state index is 0. The fourth-order valence-corrected chi connectivity index (χ4v) is 3.90. The fourth-order valence-electron chi connectivity index (χ4n) is 3.90. The predicted octanol–water partition coefficient (Wildman–Crippen LogP) is 3.31. The zero-order chi connectivity index (χ0) is 19.5. The van der Waals surface area contributed by atoms with Crippen LogP contribution in [0.3, 0.4) is 0 Å². The fraction of sp³-hybridized carbons (Fsp3) is 0.409. The van der Waals surface area contributed by atoms with E-state index in [1.165, 1.54) is 0 Å². The Morgan fingerprint density at radius 1 is 1.13 bits per heavy atom. The van der Waals surface area contributed by atoms with Gasteiger partial charge in [0.1, 0.15) is 5.82 Å². The number of anilines is 1. The number of rotatable bonds is 4. The first-order valence-corrected chi connectivity index (χ1v) is 9.92. The summed E-state index contributed by atoms with van der Waals surface area (Å²) in [7, 11) is 2.14. The molecule has 8 heteroatoms. The van der Waals surface area contributed by atoms with Gasteiger partial charge in [-0.05, 0) is 54.9 Å². The van der Waals surface area contributed by atoms with Crippen molar-refractivity contribution in [2.24, 2.45) is 0 Å². The number of benzene rings is 2. The molecule has 1 amide bonds. The Hall–Kier alpha value is -1.70. The van der Waals surface area contributed by atoms with E-state index in [4.69, 9.17) is 0 Å². The van der Waals surface area contributed by atoms with Crippen LogP contribution in [-0.2, 0) is 19.5 Å². The van der Waals surface area contributed by atoms with Crippen molar-refractivity contribution in [3.05, 3.63) is 64.5 Å². The number of nitrogens with one attached hydrogen (secondary N) is 2. The zero-order valence-electron chi connectivity index (χ0n) is 17.1. The van der Waals surface area contributed by atoms with Gasteiger partial charge in [0, 0.05) is 44.8 Å². The second-order valence-electron chi connectivity index (χ2n) is 7.73. The van der Waals surface area contributed by atoms with Crippen molar-refractivity contribution in [3.63, 3.8) is 0 Å². The van der Waals surface area contributed by atoms with E-state index in [0.29, 0.717) is 24.1 Å². The van der Waals surface area contributed by atoms with Crippen LogP contribution in [0.4, 0.5) is 10.1 Å². The smallest absolute Gasteiger partial charge is 0.255 e. The molecular formula is C22H29Cl2FN4O. The molecule has 0 bridgehead atoms. The van der Waals surface area contributed by atoms with E-state index in [0.717, 1.165) is 50.4 Å². The third-order valence-corrected chi connectivity index (χ3v) is 5.65. The van der Waals surface area contributed by atoms with Crippen LogP contribution < -0.4 is 10.6 Å². The summed E-state index contributed by atoms with van der Waals surface area (Å²) in [5.74, 6) is -0.575. The molecule has 2 aromatic carbocycles. The summed E-state index contributed by atoms with van der Waals surface area (Å²) in [5.41, 5.74) is 3.60. The van der Waals surface area contributed by atoms with E-state index in [9.17, 15) is 9.18 Å². The maximum Gasteiger partial charge on any atom is 0.255 e. The molecule has 0 unspecified atom stereocenters. The Labute approximate surface area is 189 Å². The van der Waals surface area contributed by atoms with Crippen LogP contribution in [0.25, 0.3) is 0 Å². The van der Waals surface area contributed by atoms with Crippen molar-refractivity contribution in [2.75, 3.05) is 45.1 Å². The number of likely N-dealkylation sites (N-methyl/N-ethyl adjacent to an activating group) is 1. The van der Waals surface area contributed by atoms with E-state index in [2.05, 4.69) is 27.5 Å². The van der Waals surface area contributed by atoms with Gasteiger partial charge in [0.2, 0.25) is 0 Å². The van der Waals surface area contributed by atoms with E-state index in [1.54, 1.807) is 12.1 Å². The van der Waals surface area contributed by atoms with Crippen LogP contribution in [0, 0.1) is 5.82 Å². The molecule has 1 saturated heterocycles. The van der Waals surface area contributed by atoms with Crippen molar-refractivity contribution in [1.29, 1.82) is 0 Å². The Balaban J connectivity index is 0.00000160. The van der Waals surface area contributed by atoms with Crippen molar-refractivity contribution < 1.29 is 9.18 Å². The lowest BCUT2D eigenvalue weighted by molar-refractivity contribution is 0.102. The molecule has 2 heterocycles. The Morgan fingerprint density at radius 2 is 1.90 bits per heavy atom. The lowest BCUT2D eigenvalue weighted by Crippen LogP contribution is -2.43. The molecule has 2 aliphatic rings. The first kappa shape index (κ1) is 24.6. The Kier molecular flexibility index (Phi) is 9.07. The molecule has 0 atom stereocenters. The van der Waals surface area contributed by atoms with Crippen LogP contribution in [0.5, 0.6) is 0 Å². The molecule has 1 fully saturated rings. The normalized spacial score (nSPS) is 16.7. The van der Waals surface area contributed by atoms with Gasteiger partial charge in [0.25, 0.3) is 5.91 Å². The van der Waals surface area contributed by atoms with Gasteiger partial charge in [0.15, 0.2) is 0 Å². The largest absolute Gasteiger partial charge is 0.319 e.